The molecule has 1 aromatic carbocycles. The summed E-state index contributed by atoms with van der Waals surface area (Å²) in [6, 6.07) is 6.03. The van der Waals surface area contributed by atoms with Gasteiger partial charge in [-0.05, 0) is 49.4 Å². The Balaban J connectivity index is 2.05. The number of unbranched alkanes of at least 4 members (excludes halogenated alkanes) is 1. The molecule has 0 atom stereocenters. The van der Waals surface area contributed by atoms with Crippen LogP contribution in [0, 0.1) is 0 Å². The van der Waals surface area contributed by atoms with Gasteiger partial charge >= 0.3 is 0 Å². The van der Waals surface area contributed by atoms with Gasteiger partial charge in [-0.15, -0.1) is 6.58 Å². The molecule has 0 saturated carbocycles. The molecule has 0 bridgehead atoms. The van der Waals surface area contributed by atoms with Gasteiger partial charge in [0, 0.05) is 24.2 Å². The van der Waals surface area contributed by atoms with Crippen molar-refractivity contribution in [3.63, 3.8) is 0 Å². The maximum atomic E-state index is 12.0. The number of ketones is 1. The Morgan fingerprint density at radius 1 is 1.47 bits per heavy atom. The first-order chi connectivity index (χ1) is 8.31. The molecule has 1 aromatic rings. The molecule has 1 aliphatic heterocycles. The van der Waals surface area contributed by atoms with E-state index in [9.17, 15) is 4.79 Å². The molecule has 0 radical (unpaired) electrons. The summed E-state index contributed by atoms with van der Waals surface area (Å²) >= 11 is 0. The molecule has 0 amide bonds. The Bertz CT molecular complexity index is 423. The van der Waals surface area contributed by atoms with Gasteiger partial charge in [-0.1, -0.05) is 6.08 Å². The molecule has 0 saturated heterocycles. The lowest BCUT2D eigenvalue weighted by Gasteiger charge is -2.18. The Hall–Kier alpha value is -1.57. The molecule has 0 aliphatic carbocycles. The maximum absolute atomic E-state index is 12.0. The fourth-order valence-electron chi connectivity index (χ4n) is 2.20. The predicted molar refractivity (Wildman–Crippen MR) is 71.6 cm³/mol. The van der Waals surface area contributed by atoms with E-state index in [2.05, 4.69) is 18.0 Å². The number of anilines is 1. The lowest BCUT2D eigenvalue weighted by atomic mass is 9.97. The smallest absolute Gasteiger partial charge is 0.162 e. The van der Waals surface area contributed by atoms with Gasteiger partial charge in [-0.3, -0.25) is 4.79 Å². The van der Waals surface area contributed by atoms with Crippen molar-refractivity contribution in [2.75, 3.05) is 11.9 Å². The second-order valence-corrected chi connectivity index (χ2v) is 4.51. The molecule has 0 aromatic heterocycles. The minimum atomic E-state index is 0.250. The highest BCUT2D eigenvalue weighted by Crippen LogP contribution is 2.23. The van der Waals surface area contributed by atoms with Gasteiger partial charge in [0.1, 0.15) is 0 Å². The van der Waals surface area contributed by atoms with Crippen molar-refractivity contribution in [1.82, 2.24) is 0 Å². The quantitative estimate of drug-likeness (QED) is 0.475. The molecule has 0 fully saturated rings. The monoisotopic (exact) mass is 229 g/mol. The third-order valence-corrected chi connectivity index (χ3v) is 3.18. The minimum absolute atomic E-state index is 0.250. The average molecular weight is 229 g/mol. The Kier molecular flexibility index (Phi) is 3.97. The normalized spacial score (nSPS) is 13.6. The Labute approximate surface area is 103 Å². The summed E-state index contributed by atoms with van der Waals surface area (Å²) in [5.41, 5.74) is 3.33. The van der Waals surface area contributed by atoms with Gasteiger partial charge in [-0.2, -0.15) is 0 Å². The van der Waals surface area contributed by atoms with Crippen LogP contribution in [0.4, 0.5) is 5.69 Å². The van der Waals surface area contributed by atoms with E-state index in [1.807, 2.05) is 18.2 Å². The van der Waals surface area contributed by atoms with Crippen LogP contribution >= 0.6 is 0 Å². The third-order valence-electron chi connectivity index (χ3n) is 3.18. The summed E-state index contributed by atoms with van der Waals surface area (Å²) in [6.07, 6.45) is 6.54. The lowest BCUT2D eigenvalue weighted by Crippen LogP contribution is -2.12. The number of aryl methyl sites for hydroxylation is 1. The number of fused-ring (bicyclic) bond motifs is 1. The van der Waals surface area contributed by atoms with E-state index >= 15 is 0 Å². The zero-order chi connectivity index (χ0) is 12.1. The van der Waals surface area contributed by atoms with Crippen LogP contribution in [0.5, 0.6) is 0 Å². The SMILES string of the molecule is C=CCCCC(=O)c1ccc2c(c1)CCCN2. The van der Waals surface area contributed by atoms with Crippen LogP contribution in [-0.4, -0.2) is 12.3 Å². The van der Waals surface area contributed by atoms with Crippen LogP contribution in [0.2, 0.25) is 0 Å². The van der Waals surface area contributed by atoms with E-state index in [1.165, 1.54) is 11.3 Å². The van der Waals surface area contributed by atoms with E-state index in [1.54, 1.807) is 0 Å². The molecule has 2 rings (SSSR count). The standard InChI is InChI=1S/C15H19NO/c1-2-3-4-7-15(17)13-8-9-14-12(11-13)6-5-10-16-14/h2,8-9,11,16H,1,3-7,10H2. The molecule has 90 valence electrons. The Morgan fingerprint density at radius 3 is 3.18 bits per heavy atom. The van der Waals surface area contributed by atoms with Crippen molar-refractivity contribution in [1.29, 1.82) is 0 Å². The van der Waals surface area contributed by atoms with Crippen LogP contribution in [0.1, 0.15) is 41.6 Å². The summed E-state index contributed by atoms with van der Waals surface area (Å²) in [5.74, 6) is 0.250. The summed E-state index contributed by atoms with van der Waals surface area (Å²) in [7, 11) is 0. The molecule has 0 unspecified atom stereocenters. The second-order valence-electron chi connectivity index (χ2n) is 4.51. The number of benzene rings is 1. The summed E-state index contributed by atoms with van der Waals surface area (Å²) < 4.78 is 0. The van der Waals surface area contributed by atoms with Crippen LogP contribution in [0.25, 0.3) is 0 Å². The highest BCUT2D eigenvalue weighted by atomic mass is 16.1. The third kappa shape index (κ3) is 2.96. The summed E-state index contributed by atoms with van der Waals surface area (Å²) in [5, 5.41) is 3.36. The van der Waals surface area contributed by atoms with Gasteiger partial charge in [0.25, 0.3) is 0 Å². The van der Waals surface area contributed by atoms with Crippen molar-refractivity contribution in [2.45, 2.75) is 32.1 Å². The first-order valence-corrected chi connectivity index (χ1v) is 6.32. The first kappa shape index (κ1) is 11.9. The fourth-order valence-corrected chi connectivity index (χ4v) is 2.20. The topological polar surface area (TPSA) is 29.1 Å². The van der Waals surface area contributed by atoms with E-state index in [-0.39, 0.29) is 5.78 Å². The van der Waals surface area contributed by atoms with Crippen LogP contribution in [0.3, 0.4) is 0 Å². The Morgan fingerprint density at radius 2 is 2.35 bits per heavy atom. The fraction of sp³-hybridized carbons (Fsp3) is 0.400. The minimum Gasteiger partial charge on any atom is -0.385 e. The zero-order valence-corrected chi connectivity index (χ0v) is 10.2. The summed E-state index contributed by atoms with van der Waals surface area (Å²) in [4.78, 5) is 12.0. The number of carbonyl (C=O) groups is 1. The second kappa shape index (κ2) is 5.67. The zero-order valence-electron chi connectivity index (χ0n) is 10.2. The van der Waals surface area contributed by atoms with Crippen molar-refractivity contribution < 1.29 is 4.79 Å². The van der Waals surface area contributed by atoms with Crippen LogP contribution in [-0.2, 0) is 6.42 Å². The van der Waals surface area contributed by atoms with E-state index in [0.29, 0.717) is 6.42 Å². The number of hydrogen-bond donors (Lipinski definition) is 1. The van der Waals surface area contributed by atoms with Crippen molar-refractivity contribution in [3.8, 4) is 0 Å². The van der Waals surface area contributed by atoms with E-state index < -0.39 is 0 Å². The van der Waals surface area contributed by atoms with E-state index in [0.717, 1.165) is 37.8 Å². The van der Waals surface area contributed by atoms with Gasteiger partial charge in [0.05, 0.1) is 0 Å². The average Bonchev–Trinajstić information content (AvgIpc) is 2.38. The molecular weight excluding hydrogens is 210 g/mol. The number of nitrogens with one attached hydrogen (secondary N) is 1. The molecule has 1 N–H and O–H groups in total. The molecule has 2 nitrogen and oxygen atoms in total. The highest BCUT2D eigenvalue weighted by Gasteiger charge is 2.11. The van der Waals surface area contributed by atoms with Gasteiger partial charge in [0.2, 0.25) is 0 Å². The molecule has 0 spiro atoms. The van der Waals surface area contributed by atoms with Crippen molar-refractivity contribution in [2.24, 2.45) is 0 Å². The van der Waals surface area contributed by atoms with Gasteiger partial charge < -0.3 is 5.32 Å². The number of carbonyl (C=O) groups excluding carboxylic acids is 1. The molecule has 1 heterocycles. The van der Waals surface area contributed by atoms with Gasteiger partial charge in [-0.25, -0.2) is 0 Å². The lowest BCUT2D eigenvalue weighted by molar-refractivity contribution is 0.0980. The van der Waals surface area contributed by atoms with Crippen LogP contribution < -0.4 is 5.32 Å². The largest absolute Gasteiger partial charge is 0.385 e. The van der Waals surface area contributed by atoms with Gasteiger partial charge in [0.15, 0.2) is 5.78 Å². The molecule has 1 aliphatic rings. The highest BCUT2D eigenvalue weighted by molar-refractivity contribution is 5.96. The van der Waals surface area contributed by atoms with Crippen molar-refractivity contribution >= 4 is 11.5 Å². The number of rotatable bonds is 5. The summed E-state index contributed by atoms with van der Waals surface area (Å²) in [6.45, 7) is 4.71. The molecule has 17 heavy (non-hydrogen) atoms. The van der Waals surface area contributed by atoms with E-state index in [4.69, 9.17) is 0 Å². The molecule has 2 heteroatoms. The molecular formula is C15H19NO. The van der Waals surface area contributed by atoms with Crippen molar-refractivity contribution in [3.05, 3.63) is 42.0 Å². The predicted octanol–water partition coefficient (Wildman–Crippen LogP) is 3.58. The first-order valence-electron chi connectivity index (χ1n) is 6.32. The van der Waals surface area contributed by atoms with Crippen LogP contribution in [0.15, 0.2) is 30.9 Å². The maximum Gasteiger partial charge on any atom is 0.162 e. The number of hydrogen-bond acceptors (Lipinski definition) is 2. The number of Topliss-reactive ketones (excluding diaryl/α,β-unsaturated/α-hetero) is 1. The number of allylic oxidation sites excluding steroid dienone is 1.